The molecule has 0 aliphatic carbocycles. The third-order valence-corrected chi connectivity index (χ3v) is 11.6. The van der Waals surface area contributed by atoms with Gasteiger partial charge < -0.3 is 9.97 Å². The SMILES string of the molecule is CC(C)Cc1ccnc(-c2[c-]cc3sc4c(-c5ccc(F)cc5)cccc4c3c2)c1.Cc1cc(-c2[c-]cccc2)ncc1[Si](C)(C)C.[Ir]. The van der Waals surface area contributed by atoms with E-state index in [1.165, 1.54) is 48.6 Å². The minimum atomic E-state index is -1.27. The second-order valence-corrected chi connectivity index (χ2v) is 19.6. The van der Waals surface area contributed by atoms with E-state index in [1.54, 1.807) is 11.3 Å². The van der Waals surface area contributed by atoms with Crippen LogP contribution < -0.4 is 5.19 Å². The summed E-state index contributed by atoms with van der Waals surface area (Å²) >= 11 is 1.76. The molecule has 3 aromatic heterocycles. The molecule has 2 nitrogen and oxygen atoms in total. The zero-order valence-electron chi connectivity index (χ0n) is 28.2. The molecule has 0 aliphatic rings. The summed E-state index contributed by atoms with van der Waals surface area (Å²) < 4.78 is 15.8. The molecule has 0 spiro atoms. The third-order valence-electron chi connectivity index (χ3n) is 8.23. The Balaban J connectivity index is 0.000000214. The average molecular weight is 843 g/mol. The number of nitrogens with zero attached hydrogens (tertiary/aromatic N) is 2. The van der Waals surface area contributed by atoms with Gasteiger partial charge in [-0.3, -0.25) is 0 Å². The van der Waals surface area contributed by atoms with E-state index < -0.39 is 8.07 Å². The van der Waals surface area contributed by atoms with E-state index in [-0.39, 0.29) is 25.9 Å². The molecule has 48 heavy (non-hydrogen) atoms. The first-order valence-corrected chi connectivity index (χ1v) is 20.4. The second-order valence-electron chi connectivity index (χ2n) is 13.5. The van der Waals surface area contributed by atoms with Crippen LogP contribution in [0.2, 0.25) is 19.6 Å². The van der Waals surface area contributed by atoms with Gasteiger partial charge in [-0.05, 0) is 75.2 Å². The maximum atomic E-state index is 13.4. The number of fused-ring (bicyclic) bond motifs is 3. The minimum absolute atomic E-state index is 0. The molecule has 0 amide bonds. The fourth-order valence-corrected chi connectivity index (χ4v) is 8.92. The molecule has 7 rings (SSSR count). The molecule has 0 unspecified atom stereocenters. The standard InChI is InChI=1S/C27H21FNS.C15H18NSi.Ir/c1-17(2)14-18-12-13-29-25(15-18)20-8-11-26-24(16-20)23-5-3-4-22(27(23)30-26)19-6-9-21(28)10-7-19;1-12-10-14(13-8-6-5-7-9-13)16-11-15(12)17(2,3)4;/h3-7,9-13,15-17H,14H2,1-2H3;5-8,10-11H,1-4H3;/q2*-1;. The summed E-state index contributed by atoms with van der Waals surface area (Å²) in [6.45, 7) is 13.7. The Kier molecular flexibility index (Phi) is 11.2. The van der Waals surface area contributed by atoms with Gasteiger partial charge in [0.1, 0.15) is 5.82 Å². The Hall–Kier alpha value is -3.80. The maximum absolute atomic E-state index is 13.4. The fourth-order valence-electron chi connectivity index (χ4n) is 6.01. The van der Waals surface area contributed by atoms with Crippen molar-refractivity contribution < 1.29 is 24.5 Å². The Morgan fingerprint density at radius 1 is 0.812 bits per heavy atom. The molecule has 245 valence electrons. The fraction of sp³-hybridized carbons (Fsp3) is 0.190. The van der Waals surface area contributed by atoms with Crippen LogP contribution in [0.5, 0.6) is 0 Å². The zero-order chi connectivity index (χ0) is 33.1. The van der Waals surface area contributed by atoms with Gasteiger partial charge in [0.05, 0.1) is 8.07 Å². The van der Waals surface area contributed by atoms with Crippen LogP contribution in [0.3, 0.4) is 0 Å². The van der Waals surface area contributed by atoms with Gasteiger partial charge in [0.25, 0.3) is 0 Å². The number of rotatable bonds is 6. The number of halogens is 1. The molecule has 1 radical (unpaired) electrons. The van der Waals surface area contributed by atoms with Crippen LogP contribution in [0.1, 0.15) is 25.0 Å². The van der Waals surface area contributed by atoms with Crippen molar-refractivity contribution in [1.82, 2.24) is 9.97 Å². The molecule has 0 atom stereocenters. The quantitative estimate of drug-likeness (QED) is 0.123. The van der Waals surface area contributed by atoms with Crippen molar-refractivity contribution in [1.29, 1.82) is 0 Å². The molecule has 0 fully saturated rings. The summed E-state index contributed by atoms with van der Waals surface area (Å²) in [6.07, 6.45) is 4.99. The molecule has 0 saturated heterocycles. The molecule has 7 aromatic rings. The smallest absolute Gasteiger partial charge is 0.123 e. The first-order valence-electron chi connectivity index (χ1n) is 16.1. The largest absolute Gasteiger partial charge is 0.305 e. The van der Waals surface area contributed by atoms with Crippen molar-refractivity contribution in [2.24, 2.45) is 5.92 Å². The van der Waals surface area contributed by atoms with Gasteiger partial charge in [0, 0.05) is 37.2 Å². The van der Waals surface area contributed by atoms with Crippen molar-refractivity contribution in [2.75, 3.05) is 0 Å². The van der Waals surface area contributed by atoms with Crippen LogP contribution in [-0.2, 0) is 26.5 Å². The number of benzene rings is 4. The molecular weight excluding hydrogens is 804 g/mol. The van der Waals surface area contributed by atoms with Gasteiger partial charge in [0.15, 0.2) is 0 Å². The van der Waals surface area contributed by atoms with Gasteiger partial charge in [0.2, 0.25) is 0 Å². The third kappa shape index (κ3) is 8.07. The molecule has 0 N–H and O–H groups in total. The maximum Gasteiger partial charge on any atom is 0.123 e. The number of pyridine rings is 2. The molecule has 4 aromatic carbocycles. The number of hydrogen-bond acceptors (Lipinski definition) is 3. The summed E-state index contributed by atoms with van der Waals surface area (Å²) in [4.78, 5) is 9.18. The summed E-state index contributed by atoms with van der Waals surface area (Å²) in [5, 5.41) is 3.87. The van der Waals surface area contributed by atoms with E-state index in [4.69, 9.17) is 0 Å². The van der Waals surface area contributed by atoms with E-state index >= 15 is 0 Å². The summed E-state index contributed by atoms with van der Waals surface area (Å²) in [6, 6.07) is 38.4. The molecule has 0 saturated carbocycles. The molecule has 3 heterocycles. The predicted octanol–water partition coefficient (Wildman–Crippen LogP) is 11.3. The Bertz CT molecular complexity index is 2150. The van der Waals surface area contributed by atoms with Crippen LogP contribution in [0.15, 0.2) is 109 Å². The number of hydrogen-bond donors (Lipinski definition) is 0. The van der Waals surface area contributed by atoms with Crippen molar-refractivity contribution >= 4 is 44.8 Å². The van der Waals surface area contributed by atoms with E-state index in [0.29, 0.717) is 5.92 Å². The summed E-state index contributed by atoms with van der Waals surface area (Å²) in [5.41, 5.74) is 8.88. The van der Waals surface area contributed by atoms with Gasteiger partial charge in [-0.1, -0.05) is 92.5 Å². The first kappa shape index (κ1) is 35.5. The Morgan fingerprint density at radius 3 is 2.27 bits per heavy atom. The first-order chi connectivity index (χ1) is 22.6. The normalized spacial score (nSPS) is 11.3. The van der Waals surface area contributed by atoms with Crippen molar-refractivity contribution in [2.45, 2.75) is 46.8 Å². The van der Waals surface area contributed by atoms with Crippen LogP contribution in [0, 0.1) is 30.8 Å². The number of aryl methyl sites for hydroxylation is 1. The summed E-state index contributed by atoms with van der Waals surface area (Å²) in [5.74, 6) is 0.395. The van der Waals surface area contributed by atoms with E-state index in [0.717, 1.165) is 40.1 Å². The Morgan fingerprint density at radius 2 is 1.58 bits per heavy atom. The molecule has 0 bridgehead atoms. The molecule has 6 heteroatoms. The van der Waals surface area contributed by atoms with E-state index in [1.807, 2.05) is 36.5 Å². The van der Waals surface area contributed by atoms with Crippen molar-refractivity contribution in [3.05, 3.63) is 139 Å². The van der Waals surface area contributed by atoms with Gasteiger partial charge >= 0.3 is 0 Å². The van der Waals surface area contributed by atoms with Crippen LogP contribution in [-0.4, -0.2) is 18.0 Å². The number of aromatic nitrogens is 2. The van der Waals surface area contributed by atoms with Crippen molar-refractivity contribution in [3.8, 4) is 33.6 Å². The second kappa shape index (κ2) is 15.2. The molecule has 0 aliphatic heterocycles. The topological polar surface area (TPSA) is 25.8 Å². The van der Waals surface area contributed by atoms with E-state index in [2.05, 4.69) is 123 Å². The van der Waals surface area contributed by atoms with Crippen LogP contribution in [0.4, 0.5) is 4.39 Å². The van der Waals surface area contributed by atoms with E-state index in [9.17, 15) is 4.39 Å². The van der Waals surface area contributed by atoms with Crippen LogP contribution in [0.25, 0.3) is 53.8 Å². The summed E-state index contributed by atoms with van der Waals surface area (Å²) in [7, 11) is -1.27. The zero-order valence-corrected chi connectivity index (χ0v) is 32.4. The average Bonchev–Trinajstić information content (AvgIpc) is 3.43. The van der Waals surface area contributed by atoms with Gasteiger partial charge in [-0.15, -0.1) is 59.7 Å². The number of thiophene rings is 1. The minimum Gasteiger partial charge on any atom is -0.305 e. The van der Waals surface area contributed by atoms with Gasteiger partial charge in [-0.2, -0.15) is 11.3 Å². The Labute approximate surface area is 302 Å². The predicted molar refractivity (Wildman–Crippen MR) is 202 cm³/mol. The monoisotopic (exact) mass is 843 g/mol. The van der Waals surface area contributed by atoms with Gasteiger partial charge in [-0.25, -0.2) is 4.39 Å². The van der Waals surface area contributed by atoms with Crippen molar-refractivity contribution in [3.63, 3.8) is 0 Å². The van der Waals surface area contributed by atoms with Crippen LogP contribution >= 0.6 is 11.3 Å². The molecular formula is C42H39FIrN2SSi-2.